The summed E-state index contributed by atoms with van der Waals surface area (Å²) < 4.78 is 5.33. The van der Waals surface area contributed by atoms with Gasteiger partial charge in [-0.25, -0.2) is 0 Å². The summed E-state index contributed by atoms with van der Waals surface area (Å²) in [5.41, 5.74) is 6.39. The van der Waals surface area contributed by atoms with Gasteiger partial charge in [-0.15, -0.1) is 0 Å². The van der Waals surface area contributed by atoms with Gasteiger partial charge < -0.3 is 10.5 Å². The quantitative estimate of drug-likeness (QED) is 0.631. The molecule has 0 aliphatic heterocycles. The van der Waals surface area contributed by atoms with Crippen molar-refractivity contribution in [2.45, 2.75) is 72.4 Å². The first-order valence-electron chi connectivity index (χ1n) is 8.28. The van der Waals surface area contributed by atoms with Gasteiger partial charge in [-0.05, 0) is 38.0 Å². The van der Waals surface area contributed by atoms with Crippen LogP contribution in [0.1, 0.15) is 60.8 Å². The molecule has 3 nitrogen and oxygen atoms in total. The topological polar surface area (TPSA) is 38.5 Å². The Morgan fingerprint density at radius 3 is 1.85 bits per heavy atom. The van der Waals surface area contributed by atoms with Crippen LogP contribution < -0.4 is 5.73 Å². The molecule has 0 aliphatic rings. The normalized spacial score (nSPS) is 14.6. The molecular formula is C17H38N2O. The van der Waals surface area contributed by atoms with E-state index in [2.05, 4.69) is 46.4 Å². The summed E-state index contributed by atoms with van der Waals surface area (Å²) in [6, 6.07) is 0.547. The zero-order valence-corrected chi connectivity index (χ0v) is 14.9. The molecule has 0 aromatic rings. The lowest BCUT2D eigenvalue weighted by Gasteiger charge is -2.48. The van der Waals surface area contributed by atoms with E-state index in [0.717, 1.165) is 39.0 Å². The molecule has 0 bridgehead atoms. The Kier molecular flexibility index (Phi) is 9.69. The number of hydrogen-bond acceptors (Lipinski definition) is 3. The Bertz CT molecular complexity index is 231. The molecule has 0 spiro atoms. The molecule has 0 heterocycles. The maximum Gasteiger partial charge on any atom is 0.0590 e. The predicted molar refractivity (Wildman–Crippen MR) is 89.0 cm³/mol. The first kappa shape index (κ1) is 19.9. The van der Waals surface area contributed by atoms with E-state index in [1.165, 1.54) is 0 Å². The van der Waals surface area contributed by atoms with Gasteiger partial charge in [0.15, 0.2) is 0 Å². The van der Waals surface area contributed by atoms with E-state index < -0.39 is 0 Å². The fourth-order valence-electron chi connectivity index (χ4n) is 3.46. The van der Waals surface area contributed by atoms with E-state index in [0.29, 0.717) is 17.9 Å². The average molecular weight is 287 g/mol. The van der Waals surface area contributed by atoms with Gasteiger partial charge in [-0.1, -0.05) is 34.6 Å². The van der Waals surface area contributed by atoms with Crippen LogP contribution in [-0.4, -0.2) is 43.3 Å². The average Bonchev–Trinajstić information content (AvgIpc) is 2.36. The van der Waals surface area contributed by atoms with Crippen LogP contribution in [0.15, 0.2) is 0 Å². The third-order valence-corrected chi connectivity index (χ3v) is 4.22. The number of nitrogens with two attached hydrogens (primary N) is 1. The van der Waals surface area contributed by atoms with Crippen molar-refractivity contribution < 1.29 is 4.74 Å². The molecule has 0 saturated carbocycles. The standard InChI is InChI=1S/C17H38N2O/c1-8-16(6)19(9-10-20-7)17(13-18,11-14(2)3)12-15(4)5/h14-16H,8-13,18H2,1-7H3. The third kappa shape index (κ3) is 6.11. The molecule has 0 saturated heterocycles. The van der Waals surface area contributed by atoms with E-state index >= 15 is 0 Å². The number of hydrogen-bond donors (Lipinski definition) is 1. The van der Waals surface area contributed by atoms with Crippen molar-refractivity contribution in [3.8, 4) is 0 Å². The van der Waals surface area contributed by atoms with E-state index in [4.69, 9.17) is 10.5 Å². The van der Waals surface area contributed by atoms with Crippen molar-refractivity contribution in [2.75, 3.05) is 26.8 Å². The van der Waals surface area contributed by atoms with Crippen LogP contribution in [0.3, 0.4) is 0 Å². The monoisotopic (exact) mass is 286 g/mol. The highest BCUT2D eigenvalue weighted by Gasteiger charge is 2.38. The summed E-state index contributed by atoms with van der Waals surface area (Å²) in [5, 5.41) is 0. The van der Waals surface area contributed by atoms with Gasteiger partial charge >= 0.3 is 0 Å². The molecule has 0 rings (SSSR count). The lowest BCUT2D eigenvalue weighted by atomic mass is 9.79. The minimum atomic E-state index is 0.107. The summed E-state index contributed by atoms with van der Waals surface area (Å²) in [4.78, 5) is 2.62. The van der Waals surface area contributed by atoms with Crippen LogP contribution in [0.2, 0.25) is 0 Å². The smallest absolute Gasteiger partial charge is 0.0590 e. The first-order valence-corrected chi connectivity index (χ1v) is 8.28. The molecular weight excluding hydrogens is 248 g/mol. The lowest BCUT2D eigenvalue weighted by Crippen LogP contribution is -2.59. The molecule has 1 unspecified atom stereocenters. The van der Waals surface area contributed by atoms with E-state index in [1.54, 1.807) is 7.11 Å². The summed E-state index contributed by atoms with van der Waals surface area (Å²) in [6.45, 7) is 16.3. The van der Waals surface area contributed by atoms with Gasteiger partial charge in [-0.2, -0.15) is 0 Å². The Hall–Kier alpha value is -0.120. The van der Waals surface area contributed by atoms with Gasteiger partial charge in [0, 0.05) is 31.8 Å². The molecule has 0 aliphatic carbocycles. The van der Waals surface area contributed by atoms with Crippen molar-refractivity contribution >= 4 is 0 Å². The molecule has 1 atom stereocenters. The zero-order chi connectivity index (χ0) is 15.8. The predicted octanol–water partition coefficient (Wildman–Crippen LogP) is 3.52. The molecule has 0 aromatic heterocycles. The SMILES string of the molecule is CCC(C)N(CCOC)C(CN)(CC(C)C)CC(C)C. The van der Waals surface area contributed by atoms with Crippen molar-refractivity contribution in [3.05, 3.63) is 0 Å². The fraction of sp³-hybridized carbons (Fsp3) is 1.00. The largest absolute Gasteiger partial charge is 0.383 e. The van der Waals surface area contributed by atoms with E-state index in [-0.39, 0.29) is 5.54 Å². The Morgan fingerprint density at radius 1 is 1.05 bits per heavy atom. The van der Waals surface area contributed by atoms with Gasteiger partial charge in [0.05, 0.1) is 6.61 Å². The summed E-state index contributed by atoms with van der Waals surface area (Å²) in [5.74, 6) is 1.32. The second kappa shape index (κ2) is 9.75. The van der Waals surface area contributed by atoms with E-state index in [9.17, 15) is 0 Å². The summed E-state index contributed by atoms with van der Waals surface area (Å²) in [6.07, 6.45) is 3.48. The molecule has 0 amide bonds. The molecule has 2 N–H and O–H groups in total. The second-order valence-corrected chi connectivity index (χ2v) is 7.07. The lowest BCUT2D eigenvalue weighted by molar-refractivity contribution is 0.00125. The first-order chi connectivity index (χ1) is 9.32. The summed E-state index contributed by atoms with van der Waals surface area (Å²) >= 11 is 0. The highest BCUT2D eigenvalue weighted by molar-refractivity contribution is 4.95. The van der Waals surface area contributed by atoms with Crippen LogP contribution >= 0.6 is 0 Å². The van der Waals surface area contributed by atoms with Crippen LogP contribution in [-0.2, 0) is 4.74 Å². The Labute approximate surface area is 127 Å². The van der Waals surface area contributed by atoms with Gasteiger partial charge in [-0.3, -0.25) is 4.90 Å². The number of nitrogens with zero attached hydrogens (tertiary/aromatic N) is 1. The zero-order valence-electron chi connectivity index (χ0n) is 14.9. The van der Waals surface area contributed by atoms with Crippen LogP contribution in [0, 0.1) is 11.8 Å². The van der Waals surface area contributed by atoms with Crippen LogP contribution in [0.5, 0.6) is 0 Å². The number of rotatable bonds is 11. The highest BCUT2D eigenvalue weighted by atomic mass is 16.5. The number of methoxy groups -OCH3 is 1. The van der Waals surface area contributed by atoms with Crippen molar-refractivity contribution in [3.63, 3.8) is 0 Å². The molecule has 0 radical (unpaired) electrons. The van der Waals surface area contributed by atoms with Gasteiger partial charge in [0.2, 0.25) is 0 Å². The second-order valence-electron chi connectivity index (χ2n) is 7.07. The van der Waals surface area contributed by atoms with Crippen molar-refractivity contribution in [1.82, 2.24) is 4.90 Å². The van der Waals surface area contributed by atoms with Crippen molar-refractivity contribution in [2.24, 2.45) is 17.6 Å². The molecule has 20 heavy (non-hydrogen) atoms. The van der Waals surface area contributed by atoms with Crippen molar-refractivity contribution in [1.29, 1.82) is 0 Å². The molecule has 3 heteroatoms. The highest BCUT2D eigenvalue weighted by Crippen LogP contribution is 2.32. The molecule has 0 aromatic carbocycles. The Morgan fingerprint density at radius 2 is 1.55 bits per heavy atom. The van der Waals surface area contributed by atoms with Gasteiger partial charge in [0.25, 0.3) is 0 Å². The maximum absolute atomic E-state index is 6.29. The summed E-state index contributed by atoms with van der Waals surface area (Å²) in [7, 11) is 1.78. The fourth-order valence-corrected chi connectivity index (χ4v) is 3.46. The molecule has 0 fully saturated rings. The minimum absolute atomic E-state index is 0.107. The van der Waals surface area contributed by atoms with Crippen LogP contribution in [0.4, 0.5) is 0 Å². The van der Waals surface area contributed by atoms with Gasteiger partial charge in [0.1, 0.15) is 0 Å². The number of ether oxygens (including phenoxy) is 1. The maximum atomic E-state index is 6.29. The third-order valence-electron chi connectivity index (χ3n) is 4.22. The van der Waals surface area contributed by atoms with E-state index in [1.807, 2.05) is 0 Å². The van der Waals surface area contributed by atoms with Crippen LogP contribution in [0.25, 0.3) is 0 Å². The molecule has 122 valence electrons. The Balaban J connectivity index is 5.33. The minimum Gasteiger partial charge on any atom is -0.383 e.